The van der Waals surface area contributed by atoms with Crippen molar-refractivity contribution in [1.82, 2.24) is 9.80 Å². The van der Waals surface area contributed by atoms with Gasteiger partial charge in [-0.25, -0.2) is 4.39 Å². The number of amides is 1. The van der Waals surface area contributed by atoms with E-state index in [0.717, 1.165) is 0 Å². The molecule has 1 amide bonds. The van der Waals surface area contributed by atoms with Crippen molar-refractivity contribution in [2.24, 2.45) is 11.8 Å². The van der Waals surface area contributed by atoms with E-state index in [4.69, 9.17) is 11.6 Å². The van der Waals surface area contributed by atoms with Gasteiger partial charge in [0, 0.05) is 56.1 Å². The number of likely N-dealkylation sites (tertiary alicyclic amines) is 1. The van der Waals surface area contributed by atoms with Gasteiger partial charge in [0.25, 0.3) is 0 Å². The minimum absolute atomic E-state index is 0.0632. The summed E-state index contributed by atoms with van der Waals surface area (Å²) in [4.78, 5) is 43.7. The lowest BCUT2D eigenvalue weighted by molar-refractivity contribution is -0.130. The number of benzene rings is 3. The second-order valence-corrected chi connectivity index (χ2v) is 9.70. The highest BCUT2D eigenvalue weighted by Crippen LogP contribution is 2.43. The Morgan fingerprint density at radius 3 is 1.81 bits per heavy atom. The molecule has 1 aliphatic rings. The fourth-order valence-corrected chi connectivity index (χ4v) is 5.19. The number of rotatable bonds is 7. The average molecular weight is 507 g/mol. The fraction of sp³-hybridized carbons (Fsp3) is 0.276. The summed E-state index contributed by atoms with van der Waals surface area (Å²) in [7, 11) is 3.33. The van der Waals surface area contributed by atoms with Gasteiger partial charge in [0.15, 0.2) is 11.6 Å². The van der Waals surface area contributed by atoms with Crippen LogP contribution in [0.2, 0.25) is 5.02 Å². The zero-order chi connectivity index (χ0) is 25.8. The van der Waals surface area contributed by atoms with Crippen molar-refractivity contribution in [3.8, 4) is 0 Å². The van der Waals surface area contributed by atoms with E-state index in [0.29, 0.717) is 16.7 Å². The molecule has 0 radical (unpaired) electrons. The number of likely N-dealkylation sites (N-methyl/N-ethyl adjacent to an activating group) is 1. The lowest BCUT2D eigenvalue weighted by Gasteiger charge is -2.43. The van der Waals surface area contributed by atoms with Crippen LogP contribution in [0.5, 0.6) is 0 Å². The maximum Gasteiger partial charge on any atom is 0.236 e. The van der Waals surface area contributed by atoms with Crippen LogP contribution in [0.15, 0.2) is 78.9 Å². The van der Waals surface area contributed by atoms with Crippen molar-refractivity contribution in [2.45, 2.75) is 5.92 Å². The first-order valence-electron chi connectivity index (χ1n) is 11.8. The van der Waals surface area contributed by atoms with Gasteiger partial charge >= 0.3 is 0 Å². The van der Waals surface area contributed by atoms with Crippen molar-refractivity contribution in [3.63, 3.8) is 0 Å². The highest BCUT2D eigenvalue weighted by molar-refractivity contribution is 6.31. The van der Waals surface area contributed by atoms with Gasteiger partial charge in [0.2, 0.25) is 5.91 Å². The molecule has 0 spiro atoms. The van der Waals surface area contributed by atoms with Crippen LogP contribution in [-0.4, -0.2) is 61.0 Å². The van der Waals surface area contributed by atoms with Crippen molar-refractivity contribution in [2.75, 3.05) is 33.7 Å². The molecule has 0 aromatic heterocycles. The topological polar surface area (TPSA) is 57.7 Å². The molecular formula is C29H28ClFN2O3. The molecular weight excluding hydrogens is 479 g/mol. The molecule has 1 saturated heterocycles. The van der Waals surface area contributed by atoms with Gasteiger partial charge in [0.1, 0.15) is 5.82 Å². The van der Waals surface area contributed by atoms with E-state index < -0.39 is 23.6 Å². The zero-order valence-electron chi connectivity index (χ0n) is 20.2. The normalized spacial score (nSPS) is 18.6. The summed E-state index contributed by atoms with van der Waals surface area (Å²) in [6.45, 7) is 0.542. The molecule has 186 valence electrons. The molecule has 0 bridgehead atoms. The third-order valence-corrected chi connectivity index (χ3v) is 7.16. The molecule has 1 heterocycles. The maximum absolute atomic E-state index is 14.6. The summed E-state index contributed by atoms with van der Waals surface area (Å²) in [6, 6.07) is 22.2. The molecule has 0 aliphatic carbocycles. The Morgan fingerprint density at radius 1 is 0.833 bits per heavy atom. The Balaban J connectivity index is 1.85. The molecule has 7 heteroatoms. The summed E-state index contributed by atoms with van der Waals surface area (Å²) in [5.74, 6) is -3.17. The number of hydrogen-bond acceptors (Lipinski definition) is 4. The SMILES string of the molecule is CN(C)C(=O)CN1C[C@H](C(=O)c2ccccc2)C(c2cccc(F)c2Cl)[C@@H](C(=O)c2ccccc2)C1. The van der Waals surface area contributed by atoms with Crippen LogP contribution in [0.25, 0.3) is 0 Å². The summed E-state index contributed by atoms with van der Waals surface area (Å²) in [5.41, 5.74) is 1.41. The van der Waals surface area contributed by atoms with E-state index in [9.17, 15) is 18.8 Å². The lowest BCUT2D eigenvalue weighted by atomic mass is 9.68. The minimum atomic E-state index is -0.715. The lowest BCUT2D eigenvalue weighted by Crippen LogP contribution is -2.52. The Kier molecular flexibility index (Phi) is 7.97. The summed E-state index contributed by atoms with van der Waals surface area (Å²) < 4.78 is 14.6. The molecule has 3 aromatic rings. The van der Waals surface area contributed by atoms with Gasteiger partial charge < -0.3 is 4.90 Å². The molecule has 1 fully saturated rings. The summed E-state index contributed by atoms with van der Waals surface area (Å²) in [6.07, 6.45) is 0. The first-order valence-corrected chi connectivity index (χ1v) is 12.2. The third-order valence-electron chi connectivity index (χ3n) is 6.77. The molecule has 0 N–H and O–H groups in total. The van der Waals surface area contributed by atoms with Crippen LogP contribution in [0.1, 0.15) is 32.2 Å². The Morgan fingerprint density at radius 2 is 1.33 bits per heavy atom. The van der Waals surface area contributed by atoms with Crippen molar-refractivity contribution >= 4 is 29.1 Å². The van der Waals surface area contributed by atoms with Gasteiger partial charge in [-0.15, -0.1) is 0 Å². The molecule has 36 heavy (non-hydrogen) atoms. The Labute approximate surface area is 215 Å². The molecule has 2 atom stereocenters. The van der Waals surface area contributed by atoms with Gasteiger partial charge in [-0.1, -0.05) is 84.4 Å². The number of ketones is 2. The van der Waals surface area contributed by atoms with E-state index in [2.05, 4.69) is 0 Å². The fourth-order valence-electron chi connectivity index (χ4n) is 4.94. The van der Waals surface area contributed by atoms with E-state index in [1.165, 1.54) is 11.0 Å². The van der Waals surface area contributed by atoms with Crippen LogP contribution < -0.4 is 0 Å². The maximum atomic E-state index is 14.6. The highest BCUT2D eigenvalue weighted by atomic mass is 35.5. The largest absolute Gasteiger partial charge is 0.348 e. The van der Waals surface area contributed by atoms with Crippen LogP contribution >= 0.6 is 11.6 Å². The second-order valence-electron chi connectivity index (χ2n) is 9.32. The summed E-state index contributed by atoms with van der Waals surface area (Å²) >= 11 is 6.45. The molecule has 3 aromatic carbocycles. The number of halogens is 2. The van der Waals surface area contributed by atoms with E-state index in [-0.39, 0.29) is 42.1 Å². The molecule has 0 unspecified atom stereocenters. The van der Waals surface area contributed by atoms with Crippen molar-refractivity contribution in [3.05, 3.63) is 106 Å². The van der Waals surface area contributed by atoms with Gasteiger partial charge in [-0.2, -0.15) is 0 Å². The smallest absolute Gasteiger partial charge is 0.236 e. The third kappa shape index (κ3) is 5.40. The number of carbonyl (C=O) groups excluding carboxylic acids is 3. The molecule has 1 aliphatic heterocycles. The van der Waals surface area contributed by atoms with E-state index in [1.54, 1.807) is 74.8 Å². The predicted octanol–water partition coefficient (Wildman–Crippen LogP) is 4.96. The minimum Gasteiger partial charge on any atom is -0.348 e. The van der Waals surface area contributed by atoms with Crippen LogP contribution in [-0.2, 0) is 4.79 Å². The number of hydrogen-bond donors (Lipinski definition) is 0. The van der Waals surface area contributed by atoms with Gasteiger partial charge in [0.05, 0.1) is 11.6 Å². The first kappa shape index (κ1) is 25.7. The van der Waals surface area contributed by atoms with Crippen molar-refractivity contribution in [1.29, 1.82) is 0 Å². The van der Waals surface area contributed by atoms with Gasteiger partial charge in [-0.05, 0) is 11.6 Å². The van der Waals surface area contributed by atoms with E-state index >= 15 is 0 Å². The quantitative estimate of drug-likeness (QED) is 0.425. The van der Waals surface area contributed by atoms with Crippen LogP contribution in [0.4, 0.5) is 4.39 Å². The second kappa shape index (κ2) is 11.1. The van der Waals surface area contributed by atoms with Crippen LogP contribution in [0, 0.1) is 17.7 Å². The monoisotopic (exact) mass is 506 g/mol. The Hall–Kier alpha value is -3.35. The number of Topliss-reactive ketones (excluding diaryl/α,β-unsaturated/α-hetero) is 2. The molecule has 0 saturated carbocycles. The standard InChI is InChI=1S/C29H28ClFN2O3/c1-32(2)25(34)18-33-16-22(28(35)19-10-5-3-6-11-19)26(21-14-9-15-24(31)27(21)30)23(17-33)29(36)20-12-7-4-8-13-20/h3-15,22-23,26H,16-18H2,1-2H3/t22-,23-/m0/s1. The van der Waals surface area contributed by atoms with Gasteiger partial charge in [-0.3, -0.25) is 19.3 Å². The van der Waals surface area contributed by atoms with Crippen molar-refractivity contribution < 1.29 is 18.8 Å². The average Bonchev–Trinajstić information content (AvgIpc) is 2.90. The Bertz CT molecular complexity index is 1190. The molecule has 4 rings (SSSR count). The first-order chi connectivity index (χ1) is 17.3. The van der Waals surface area contributed by atoms with E-state index in [1.807, 2.05) is 17.0 Å². The predicted molar refractivity (Wildman–Crippen MR) is 138 cm³/mol. The molecule has 5 nitrogen and oxygen atoms in total. The zero-order valence-corrected chi connectivity index (χ0v) is 21.0. The summed E-state index contributed by atoms with van der Waals surface area (Å²) in [5, 5.41) is -0.0861. The number of piperidine rings is 1. The van der Waals surface area contributed by atoms with Crippen LogP contribution in [0.3, 0.4) is 0 Å². The highest BCUT2D eigenvalue weighted by Gasteiger charge is 2.46. The number of carbonyl (C=O) groups is 3. The number of nitrogens with zero attached hydrogens (tertiary/aromatic N) is 2.